The Morgan fingerprint density at radius 3 is 2.50 bits per heavy atom. The molecule has 0 bridgehead atoms. The van der Waals surface area contributed by atoms with E-state index in [1.54, 1.807) is 18.2 Å². The quantitative estimate of drug-likeness (QED) is 0.473. The number of carbonyl (C=O) groups is 5. The highest BCUT2D eigenvalue weighted by Crippen LogP contribution is 2.37. The van der Waals surface area contributed by atoms with Crippen LogP contribution in [-0.2, 0) is 25.7 Å². The number of amides is 4. The number of fused-ring (bicyclic) bond motifs is 1. The van der Waals surface area contributed by atoms with Crippen LogP contribution in [0, 0.1) is 5.41 Å². The van der Waals surface area contributed by atoms with Gasteiger partial charge in [0.15, 0.2) is 6.61 Å². The van der Waals surface area contributed by atoms with Gasteiger partial charge in [-0.25, -0.2) is 4.79 Å². The molecule has 3 saturated heterocycles. The maximum Gasteiger partial charge on any atom is 0.490 e. The largest absolute Gasteiger partial charge is 0.490 e. The summed E-state index contributed by atoms with van der Waals surface area (Å²) in [7, 11) is 0. The Balaban J connectivity index is 0.000000426. The van der Waals surface area contributed by atoms with Crippen LogP contribution in [0.1, 0.15) is 41.6 Å². The standard InChI is InChI=1S/C22H26N4O5.C2HF3O2/c27-18-6-5-16(20(29)24-18)26-9-15-14(21(26)30)3-1-4-17(15)31-10-19(28)25-12-22(13-25)7-2-8-23-11-22;3-2(4,5)1(6)7/h1,3-4,16,23H,2,5-13H2,(H,24,27,29);(H,6,7). The van der Waals surface area contributed by atoms with Crippen molar-refractivity contribution >= 4 is 29.6 Å². The predicted molar refractivity (Wildman–Crippen MR) is 123 cm³/mol. The van der Waals surface area contributed by atoms with Gasteiger partial charge in [-0.1, -0.05) is 6.07 Å². The first-order valence-corrected chi connectivity index (χ1v) is 12.1. The summed E-state index contributed by atoms with van der Waals surface area (Å²) in [5.74, 6) is -3.34. The molecule has 1 unspecified atom stereocenters. The lowest BCUT2D eigenvalue weighted by atomic mass is 9.74. The molecule has 0 radical (unpaired) electrons. The van der Waals surface area contributed by atoms with Gasteiger partial charge in [-0.05, 0) is 37.9 Å². The molecule has 38 heavy (non-hydrogen) atoms. The van der Waals surface area contributed by atoms with Crippen molar-refractivity contribution in [1.82, 2.24) is 20.4 Å². The first kappa shape index (κ1) is 27.4. The molecule has 4 amide bonds. The average molecular weight is 540 g/mol. The highest BCUT2D eigenvalue weighted by Gasteiger charge is 2.46. The van der Waals surface area contributed by atoms with Crippen LogP contribution in [0.5, 0.6) is 5.75 Å². The van der Waals surface area contributed by atoms with Gasteiger partial charge in [-0.2, -0.15) is 13.2 Å². The fraction of sp³-hybridized carbons (Fsp3) is 0.542. The fourth-order valence-electron chi connectivity index (χ4n) is 5.16. The van der Waals surface area contributed by atoms with Crippen LogP contribution < -0.4 is 15.4 Å². The first-order chi connectivity index (χ1) is 17.9. The van der Waals surface area contributed by atoms with Gasteiger partial charge in [0.1, 0.15) is 11.8 Å². The Labute approximate surface area is 215 Å². The zero-order chi connectivity index (χ0) is 27.7. The van der Waals surface area contributed by atoms with Gasteiger partial charge in [-0.3, -0.25) is 24.5 Å². The number of nitrogens with one attached hydrogen (secondary N) is 2. The maximum atomic E-state index is 12.9. The second-order valence-electron chi connectivity index (χ2n) is 9.80. The third-order valence-electron chi connectivity index (χ3n) is 7.10. The first-order valence-electron chi connectivity index (χ1n) is 12.1. The number of carboxylic acids is 1. The number of carbonyl (C=O) groups excluding carboxylic acids is 4. The predicted octanol–water partition coefficient (Wildman–Crippen LogP) is 0.672. The van der Waals surface area contributed by atoms with E-state index in [-0.39, 0.29) is 42.7 Å². The van der Waals surface area contributed by atoms with Crippen molar-refractivity contribution < 1.29 is 47.0 Å². The normalized spacial score (nSPS) is 22.2. The molecule has 11 nitrogen and oxygen atoms in total. The van der Waals surface area contributed by atoms with Gasteiger partial charge in [0.05, 0.1) is 6.54 Å². The minimum absolute atomic E-state index is 0.0554. The van der Waals surface area contributed by atoms with E-state index in [0.717, 1.165) is 39.0 Å². The Morgan fingerprint density at radius 2 is 1.89 bits per heavy atom. The summed E-state index contributed by atoms with van der Waals surface area (Å²) in [5.41, 5.74) is 1.38. The Morgan fingerprint density at radius 1 is 1.18 bits per heavy atom. The van der Waals surface area contributed by atoms with Gasteiger partial charge < -0.3 is 25.0 Å². The number of alkyl halides is 3. The molecule has 0 aliphatic carbocycles. The lowest BCUT2D eigenvalue weighted by Crippen LogP contribution is -2.64. The third-order valence-corrected chi connectivity index (χ3v) is 7.10. The van der Waals surface area contributed by atoms with Crippen molar-refractivity contribution in [1.29, 1.82) is 0 Å². The van der Waals surface area contributed by atoms with E-state index in [1.165, 1.54) is 4.90 Å². The van der Waals surface area contributed by atoms with Gasteiger partial charge in [0, 0.05) is 42.6 Å². The molecule has 3 fully saturated rings. The molecule has 3 N–H and O–H groups in total. The Bertz CT molecular complexity index is 1140. The van der Waals surface area contributed by atoms with E-state index in [1.807, 2.05) is 4.90 Å². The van der Waals surface area contributed by atoms with Crippen molar-refractivity contribution in [3.05, 3.63) is 29.3 Å². The number of imide groups is 1. The summed E-state index contributed by atoms with van der Waals surface area (Å²) in [6.45, 7) is 3.68. The summed E-state index contributed by atoms with van der Waals surface area (Å²) < 4.78 is 37.6. The number of aliphatic carboxylic acids is 1. The minimum Gasteiger partial charge on any atom is -0.483 e. The van der Waals surface area contributed by atoms with E-state index in [0.29, 0.717) is 23.3 Å². The average Bonchev–Trinajstić information content (AvgIpc) is 3.18. The molecule has 14 heteroatoms. The summed E-state index contributed by atoms with van der Waals surface area (Å²) in [6.07, 6.45) is -2.27. The van der Waals surface area contributed by atoms with Crippen LogP contribution in [0.3, 0.4) is 0 Å². The van der Waals surface area contributed by atoms with Crippen LogP contribution in [-0.4, -0.2) is 89.5 Å². The van der Waals surface area contributed by atoms with E-state index in [2.05, 4.69) is 10.6 Å². The van der Waals surface area contributed by atoms with Gasteiger partial charge in [0.2, 0.25) is 11.8 Å². The number of likely N-dealkylation sites (tertiary alicyclic amines) is 1. The Kier molecular flexibility index (Phi) is 7.63. The molecule has 0 saturated carbocycles. The zero-order valence-electron chi connectivity index (χ0n) is 20.3. The fourth-order valence-corrected chi connectivity index (χ4v) is 5.16. The topological polar surface area (TPSA) is 145 Å². The third kappa shape index (κ3) is 5.74. The van der Waals surface area contributed by atoms with Gasteiger partial charge in [-0.15, -0.1) is 0 Å². The van der Waals surface area contributed by atoms with Crippen molar-refractivity contribution in [2.45, 2.75) is 44.4 Å². The summed E-state index contributed by atoms with van der Waals surface area (Å²) in [5, 5.41) is 12.8. The number of piperidine rings is 2. The molecule has 5 rings (SSSR count). The molecule has 1 aromatic carbocycles. The summed E-state index contributed by atoms with van der Waals surface area (Å²) >= 11 is 0. The Hall–Kier alpha value is -3.68. The number of ether oxygens (including phenoxy) is 1. The number of nitrogens with zero attached hydrogens (tertiary/aromatic N) is 2. The van der Waals surface area contributed by atoms with E-state index in [4.69, 9.17) is 14.6 Å². The van der Waals surface area contributed by atoms with E-state index < -0.39 is 24.1 Å². The van der Waals surface area contributed by atoms with Crippen molar-refractivity contribution in [3.8, 4) is 5.75 Å². The number of hydrogen-bond acceptors (Lipinski definition) is 7. The van der Waals surface area contributed by atoms with Gasteiger partial charge >= 0.3 is 12.1 Å². The second-order valence-corrected chi connectivity index (χ2v) is 9.80. The van der Waals surface area contributed by atoms with Crippen LogP contribution in [0.25, 0.3) is 0 Å². The van der Waals surface area contributed by atoms with Crippen LogP contribution in [0.15, 0.2) is 18.2 Å². The SMILES string of the molecule is O=C(O)C(F)(F)F.O=C1CCC(N2Cc3c(OCC(=O)N4CC5(CCCNC5)C4)cccc3C2=O)C(=O)N1. The van der Waals surface area contributed by atoms with Crippen molar-refractivity contribution in [3.63, 3.8) is 0 Å². The maximum absolute atomic E-state index is 12.9. The number of hydrogen-bond donors (Lipinski definition) is 3. The molecule has 0 aromatic heterocycles. The van der Waals surface area contributed by atoms with E-state index >= 15 is 0 Å². The number of carboxylic acid groups (broad SMARTS) is 1. The lowest BCUT2D eigenvalue weighted by Gasteiger charge is -2.52. The smallest absolute Gasteiger partial charge is 0.483 e. The molecule has 4 aliphatic rings. The van der Waals surface area contributed by atoms with E-state index in [9.17, 15) is 32.3 Å². The van der Waals surface area contributed by atoms with Crippen LogP contribution in [0.2, 0.25) is 0 Å². The number of benzene rings is 1. The summed E-state index contributed by atoms with van der Waals surface area (Å²) in [4.78, 5) is 61.3. The number of rotatable bonds is 4. The molecule has 206 valence electrons. The molecular formula is C24H27F3N4O7. The zero-order valence-corrected chi connectivity index (χ0v) is 20.3. The molecule has 4 heterocycles. The van der Waals surface area contributed by atoms with Crippen LogP contribution in [0.4, 0.5) is 13.2 Å². The highest BCUT2D eigenvalue weighted by atomic mass is 19.4. The van der Waals surface area contributed by atoms with Crippen molar-refractivity contribution in [2.75, 3.05) is 32.8 Å². The summed E-state index contributed by atoms with van der Waals surface area (Å²) in [6, 6.07) is 4.49. The molecule has 4 aliphatic heterocycles. The minimum atomic E-state index is -5.08. The van der Waals surface area contributed by atoms with Crippen LogP contribution >= 0.6 is 0 Å². The van der Waals surface area contributed by atoms with Crippen molar-refractivity contribution in [2.24, 2.45) is 5.41 Å². The lowest BCUT2D eigenvalue weighted by molar-refractivity contribution is -0.192. The monoisotopic (exact) mass is 540 g/mol. The molecule has 1 aromatic rings. The second kappa shape index (κ2) is 10.6. The molecule has 1 spiro atoms. The molecule has 1 atom stereocenters. The molecular weight excluding hydrogens is 513 g/mol. The highest BCUT2D eigenvalue weighted by molar-refractivity contribution is 6.05. The van der Waals surface area contributed by atoms with Gasteiger partial charge in [0.25, 0.3) is 11.8 Å². The number of halogens is 3.